The van der Waals surface area contributed by atoms with Crippen molar-refractivity contribution < 1.29 is 19.4 Å². The normalized spacial score (nSPS) is 13.9. The van der Waals surface area contributed by atoms with E-state index >= 15 is 0 Å². The first kappa shape index (κ1) is 13.3. The van der Waals surface area contributed by atoms with Crippen LogP contribution in [0.25, 0.3) is 0 Å². The summed E-state index contributed by atoms with van der Waals surface area (Å²) in [6.45, 7) is 1.73. The molecule has 5 heteroatoms. The number of carboxylic acids is 1. The van der Waals surface area contributed by atoms with Crippen LogP contribution in [0.3, 0.4) is 0 Å². The van der Waals surface area contributed by atoms with Crippen molar-refractivity contribution in [2.24, 2.45) is 5.73 Å². The molecule has 0 saturated heterocycles. The molecule has 0 aromatic heterocycles. The maximum absolute atomic E-state index is 11.2. The maximum Gasteiger partial charge on any atom is 0.328 e. The SMILES string of the molecule is CC[C@@](N)(C(=O)O)c1ccc(OC)c(OC)c1. The first-order valence-electron chi connectivity index (χ1n) is 5.24. The zero-order chi connectivity index (χ0) is 13.1. The predicted octanol–water partition coefficient (Wildman–Crippen LogP) is 1.35. The third-order valence-electron chi connectivity index (χ3n) is 2.84. The van der Waals surface area contributed by atoms with Crippen LogP contribution in [0.5, 0.6) is 11.5 Å². The number of nitrogens with two attached hydrogens (primary N) is 1. The summed E-state index contributed by atoms with van der Waals surface area (Å²) in [5.74, 6) is -0.0539. The number of rotatable bonds is 5. The molecule has 1 aromatic carbocycles. The number of carboxylic acid groups (broad SMARTS) is 1. The van der Waals surface area contributed by atoms with Crippen molar-refractivity contribution in [3.05, 3.63) is 23.8 Å². The van der Waals surface area contributed by atoms with Gasteiger partial charge in [0, 0.05) is 0 Å². The Morgan fingerprint density at radius 3 is 2.35 bits per heavy atom. The second-order valence-electron chi connectivity index (χ2n) is 3.70. The molecule has 0 aliphatic heterocycles. The number of carbonyl (C=O) groups is 1. The van der Waals surface area contributed by atoms with Crippen LogP contribution in [-0.2, 0) is 10.3 Å². The summed E-state index contributed by atoms with van der Waals surface area (Å²) in [6, 6.07) is 4.88. The molecular formula is C12H17NO4. The topological polar surface area (TPSA) is 81.8 Å². The Hall–Kier alpha value is -1.75. The lowest BCUT2D eigenvalue weighted by molar-refractivity contribution is -0.143. The third kappa shape index (κ3) is 2.34. The van der Waals surface area contributed by atoms with Gasteiger partial charge in [0.15, 0.2) is 11.5 Å². The van der Waals surface area contributed by atoms with Gasteiger partial charge in [-0.25, -0.2) is 4.79 Å². The summed E-state index contributed by atoms with van der Waals surface area (Å²) in [5.41, 5.74) is 4.97. The Bertz CT molecular complexity index is 419. The van der Waals surface area contributed by atoms with Gasteiger partial charge in [0.25, 0.3) is 0 Å². The fraction of sp³-hybridized carbons (Fsp3) is 0.417. The summed E-state index contributed by atoms with van der Waals surface area (Å²) >= 11 is 0. The van der Waals surface area contributed by atoms with Crippen molar-refractivity contribution in [1.82, 2.24) is 0 Å². The van der Waals surface area contributed by atoms with Gasteiger partial charge in [-0.2, -0.15) is 0 Å². The van der Waals surface area contributed by atoms with E-state index in [0.29, 0.717) is 17.1 Å². The largest absolute Gasteiger partial charge is 0.493 e. The van der Waals surface area contributed by atoms with Crippen LogP contribution in [-0.4, -0.2) is 25.3 Å². The fourth-order valence-corrected chi connectivity index (χ4v) is 1.59. The monoisotopic (exact) mass is 239 g/mol. The molecule has 0 spiro atoms. The van der Waals surface area contributed by atoms with E-state index in [1.807, 2.05) is 0 Å². The fourth-order valence-electron chi connectivity index (χ4n) is 1.59. The van der Waals surface area contributed by atoms with Gasteiger partial charge in [-0.1, -0.05) is 13.0 Å². The smallest absolute Gasteiger partial charge is 0.328 e. The summed E-state index contributed by atoms with van der Waals surface area (Å²) < 4.78 is 10.2. The minimum absolute atomic E-state index is 0.290. The van der Waals surface area contributed by atoms with E-state index in [1.165, 1.54) is 14.2 Å². The van der Waals surface area contributed by atoms with Crippen LogP contribution < -0.4 is 15.2 Å². The summed E-state index contributed by atoms with van der Waals surface area (Å²) in [7, 11) is 3.01. The molecular weight excluding hydrogens is 222 g/mol. The summed E-state index contributed by atoms with van der Waals surface area (Å²) in [4.78, 5) is 11.2. The third-order valence-corrected chi connectivity index (χ3v) is 2.84. The number of hydrogen-bond acceptors (Lipinski definition) is 4. The second-order valence-corrected chi connectivity index (χ2v) is 3.70. The lowest BCUT2D eigenvalue weighted by Crippen LogP contribution is -2.44. The van der Waals surface area contributed by atoms with Gasteiger partial charge < -0.3 is 20.3 Å². The van der Waals surface area contributed by atoms with E-state index in [0.717, 1.165) is 0 Å². The lowest BCUT2D eigenvalue weighted by Gasteiger charge is -2.24. The highest BCUT2D eigenvalue weighted by molar-refractivity contribution is 5.80. The average molecular weight is 239 g/mol. The van der Waals surface area contributed by atoms with Crippen molar-refractivity contribution in [1.29, 1.82) is 0 Å². The van der Waals surface area contributed by atoms with Gasteiger partial charge in [0.2, 0.25) is 0 Å². The van der Waals surface area contributed by atoms with Crippen LogP contribution in [0.15, 0.2) is 18.2 Å². The Kier molecular flexibility index (Phi) is 3.96. The first-order valence-corrected chi connectivity index (χ1v) is 5.24. The molecule has 3 N–H and O–H groups in total. The van der Waals surface area contributed by atoms with E-state index in [2.05, 4.69) is 0 Å². The number of ether oxygens (including phenoxy) is 2. The minimum atomic E-state index is -1.40. The molecule has 0 unspecified atom stereocenters. The molecule has 0 saturated carbocycles. The molecule has 0 fully saturated rings. The Morgan fingerprint density at radius 1 is 1.35 bits per heavy atom. The van der Waals surface area contributed by atoms with Crippen molar-refractivity contribution >= 4 is 5.97 Å². The highest BCUT2D eigenvalue weighted by atomic mass is 16.5. The number of benzene rings is 1. The van der Waals surface area contributed by atoms with Crippen molar-refractivity contribution in [2.75, 3.05) is 14.2 Å². The van der Waals surface area contributed by atoms with Gasteiger partial charge >= 0.3 is 5.97 Å². The molecule has 94 valence electrons. The summed E-state index contributed by atoms with van der Waals surface area (Å²) in [5, 5.41) is 9.18. The minimum Gasteiger partial charge on any atom is -0.493 e. The van der Waals surface area contributed by atoms with E-state index in [1.54, 1.807) is 25.1 Å². The second kappa shape index (κ2) is 5.05. The highest BCUT2D eigenvalue weighted by Gasteiger charge is 2.34. The van der Waals surface area contributed by atoms with Crippen LogP contribution in [0.1, 0.15) is 18.9 Å². The van der Waals surface area contributed by atoms with E-state index in [4.69, 9.17) is 15.2 Å². The first-order chi connectivity index (χ1) is 7.99. The maximum atomic E-state index is 11.2. The Labute approximate surface area is 100 Å². The number of hydrogen-bond donors (Lipinski definition) is 2. The molecule has 0 heterocycles. The van der Waals surface area contributed by atoms with Crippen molar-refractivity contribution in [3.63, 3.8) is 0 Å². The van der Waals surface area contributed by atoms with Crippen molar-refractivity contribution in [2.45, 2.75) is 18.9 Å². The molecule has 1 atom stereocenters. The summed E-state index contributed by atoms with van der Waals surface area (Å²) in [6.07, 6.45) is 0.290. The van der Waals surface area contributed by atoms with Gasteiger partial charge in [-0.15, -0.1) is 0 Å². The molecule has 0 aliphatic rings. The molecule has 0 amide bonds. The lowest BCUT2D eigenvalue weighted by atomic mass is 9.88. The molecule has 0 aliphatic carbocycles. The van der Waals surface area contributed by atoms with Crippen LogP contribution in [0.2, 0.25) is 0 Å². The molecule has 0 bridgehead atoms. The van der Waals surface area contributed by atoms with Crippen LogP contribution >= 0.6 is 0 Å². The number of aliphatic carboxylic acids is 1. The van der Waals surface area contributed by atoms with E-state index in [9.17, 15) is 9.90 Å². The molecule has 1 aromatic rings. The Morgan fingerprint density at radius 2 is 1.94 bits per heavy atom. The van der Waals surface area contributed by atoms with Gasteiger partial charge in [0.1, 0.15) is 5.54 Å². The van der Waals surface area contributed by atoms with E-state index in [-0.39, 0.29) is 6.42 Å². The highest BCUT2D eigenvalue weighted by Crippen LogP contribution is 2.32. The molecule has 5 nitrogen and oxygen atoms in total. The van der Waals surface area contributed by atoms with Gasteiger partial charge in [-0.3, -0.25) is 0 Å². The zero-order valence-electron chi connectivity index (χ0n) is 10.2. The van der Waals surface area contributed by atoms with E-state index < -0.39 is 11.5 Å². The molecule has 1 rings (SSSR count). The Balaban J connectivity index is 3.27. The molecule has 0 radical (unpaired) electrons. The van der Waals surface area contributed by atoms with Crippen molar-refractivity contribution in [3.8, 4) is 11.5 Å². The number of methoxy groups -OCH3 is 2. The predicted molar refractivity (Wildman–Crippen MR) is 63.3 cm³/mol. The van der Waals surface area contributed by atoms with Crippen LogP contribution in [0, 0.1) is 0 Å². The molecule has 17 heavy (non-hydrogen) atoms. The van der Waals surface area contributed by atoms with Gasteiger partial charge in [0.05, 0.1) is 14.2 Å². The zero-order valence-corrected chi connectivity index (χ0v) is 10.2. The van der Waals surface area contributed by atoms with Crippen LogP contribution in [0.4, 0.5) is 0 Å². The standard InChI is InChI=1S/C12H17NO4/c1-4-12(13,11(14)15)8-5-6-9(16-2)10(7-8)17-3/h5-7H,4,13H2,1-3H3,(H,14,15)/t12-/m0/s1. The van der Waals surface area contributed by atoms with Gasteiger partial charge in [-0.05, 0) is 24.1 Å². The quantitative estimate of drug-likeness (QED) is 0.810. The average Bonchev–Trinajstić information content (AvgIpc) is 2.36.